The number of ether oxygens (including phenoxy) is 2. The predicted octanol–water partition coefficient (Wildman–Crippen LogP) is 2.97. The Balaban J connectivity index is 1.17. The van der Waals surface area contributed by atoms with Crippen LogP contribution in [0.15, 0.2) is 18.2 Å². The molecule has 1 amide bonds. The molecule has 0 unspecified atom stereocenters. The minimum Gasteiger partial charge on any atom is -0.493 e. The molecule has 4 saturated heterocycles. The van der Waals surface area contributed by atoms with Crippen molar-refractivity contribution in [2.75, 3.05) is 77.1 Å². The van der Waals surface area contributed by atoms with Crippen molar-refractivity contribution in [3.05, 3.63) is 23.8 Å². The number of benzene rings is 1. The molecular weight excluding hydrogens is 428 g/mol. The number of carbonyl (C=O) groups is 1. The van der Waals surface area contributed by atoms with E-state index < -0.39 is 0 Å². The summed E-state index contributed by atoms with van der Waals surface area (Å²) in [5, 5.41) is 0. The van der Waals surface area contributed by atoms with E-state index in [-0.39, 0.29) is 5.91 Å². The molecule has 0 aliphatic carbocycles. The highest BCUT2D eigenvalue weighted by Gasteiger charge is 2.27. The van der Waals surface area contributed by atoms with Crippen molar-refractivity contribution < 1.29 is 14.3 Å². The fourth-order valence-corrected chi connectivity index (χ4v) is 6.03. The molecule has 0 spiro atoms. The van der Waals surface area contributed by atoms with Crippen molar-refractivity contribution in [3.63, 3.8) is 0 Å². The molecule has 5 rings (SSSR count). The van der Waals surface area contributed by atoms with Crippen LogP contribution in [0, 0.1) is 0 Å². The first-order chi connectivity index (χ1) is 16.8. The monoisotopic (exact) mass is 470 g/mol. The topological polar surface area (TPSA) is 48.5 Å². The molecule has 34 heavy (non-hydrogen) atoms. The highest BCUT2D eigenvalue weighted by molar-refractivity contribution is 5.95. The fourth-order valence-electron chi connectivity index (χ4n) is 6.03. The van der Waals surface area contributed by atoms with E-state index in [2.05, 4.69) is 32.9 Å². The van der Waals surface area contributed by atoms with Gasteiger partial charge in [-0.1, -0.05) is 0 Å². The lowest BCUT2D eigenvalue weighted by atomic mass is 10.1. The van der Waals surface area contributed by atoms with Crippen molar-refractivity contribution >= 4 is 11.6 Å². The molecule has 0 radical (unpaired) electrons. The number of likely N-dealkylation sites (tertiary alicyclic amines) is 2. The summed E-state index contributed by atoms with van der Waals surface area (Å²) in [6.07, 6.45) is 8.09. The van der Waals surface area contributed by atoms with E-state index in [4.69, 9.17) is 9.47 Å². The fraction of sp³-hybridized carbons (Fsp3) is 0.741. The van der Waals surface area contributed by atoms with Crippen LogP contribution in [0.3, 0.4) is 0 Å². The number of morpholine rings is 1. The summed E-state index contributed by atoms with van der Waals surface area (Å²) in [5.74, 6) is 1.21. The first kappa shape index (κ1) is 24.0. The van der Waals surface area contributed by atoms with Gasteiger partial charge >= 0.3 is 0 Å². The normalized spacial score (nSPS) is 25.0. The van der Waals surface area contributed by atoms with E-state index in [1.54, 1.807) is 0 Å². The molecule has 7 heteroatoms. The van der Waals surface area contributed by atoms with Gasteiger partial charge in [-0.2, -0.15) is 0 Å². The van der Waals surface area contributed by atoms with E-state index >= 15 is 0 Å². The molecule has 188 valence electrons. The van der Waals surface area contributed by atoms with Gasteiger partial charge in [-0.3, -0.25) is 14.6 Å². The van der Waals surface area contributed by atoms with Gasteiger partial charge < -0.3 is 19.3 Å². The first-order valence-electron chi connectivity index (χ1n) is 13.6. The van der Waals surface area contributed by atoms with Crippen LogP contribution in [0.5, 0.6) is 5.75 Å². The van der Waals surface area contributed by atoms with Crippen molar-refractivity contribution in [1.82, 2.24) is 14.7 Å². The Labute approximate surface area is 204 Å². The lowest BCUT2D eigenvalue weighted by molar-refractivity contribution is -0.117. The molecule has 7 nitrogen and oxygen atoms in total. The number of amides is 1. The minimum absolute atomic E-state index is 0.236. The average molecular weight is 471 g/mol. The second-order valence-corrected chi connectivity index (χ2v) is 10.4. The van der Waals surface area contributed by atoms with Crippen LogP contribution in [0.1, 0.15) is 50.5 Å². The maximum absolute atomic E-state index is 12.3. The third-order valence-electron chi connectivity index (χ3n) is 7.94. The highest BCUT2D eigenvalue weighted by atomic mass is 16.5. The summed E-state index contributed by atoms with van der Waals surface area (Å²) in [7, 11) is 0. The summed E-state index contributed by atoms with van der Waals surface area (Å²) in [6, 6.07) is 7.06. The predicted molar refractivity (Wildman–Crippen MR) is 135 cm³/mol. The van der Waals surface area contributed by atoms with Gasteiger partial charge in [0.05, 0.1) is 19.8 Å². The third kappa shape index (κ3) is 6.11. The van der Waals surface area contributed by atoms with Gasteiger partial charge in [-0.25, -0.2) is 0 Å². The van der Waals surface area contributed by atoms with Crippen molar-refractivity contribution in [2.45, 2.75) is 57.5 Å². The number of carbonyl (C=O) groups excluding carboxylic acids is 1. The Morgan fingerprint density at radius 3 is 2.59 bits per heavy atom. The van der Waals surface area contributed by atoms with Gasteiger partial charge in [0.1, 0.15) is 5.75 Å². The standard InChI is InChI=1S/C27H42N4O3/c32-27-7-4-14-31(27)24-8-9-26(23(20-24)21-29-15-18-33-19-16-29)34-17-5-13-30-12-3-6-25(30)22-28-10-1-2-11-28/h8-9,20,25H,1-7,10-19,21-22H2/t25-/m0/s1. The Bertz CT molecular complexity index is 807. The number of hydrogen-bond acceptors (Lipinski definition) is 6. The van der Waals surface area contributed by atoms with Crippen molar-refractivity contribution in [2.24, 2.45) is 0 Å². The van der Waals surface area contributed by atoms with Crippen molar-refractivity contribution in [1.29, 1.82) is 0 Å². The quantitative estimate of drug-likeness (QED) is 0.490. The van der Waals surface area contributed by atoms with Crippen LogP contribution < -0.4 is 9.64 Å². The Hall–Kier alpha value is -1.67. The Kier molecular flexibility index (Phi) is 8.38. The number of anilines is 1. The van der Waals surface area contributed by atoms with E-state index in [0.29, 0.717) is 6.42 Å². The van der Waals surface area contributed by atoms with Gasteiger partial charge in [-0.15, -0.1) is 0 Å². The van der Waals surface area contributed by atoms with E-state index in [9.17, 15) is 4.79 Å². The maximum atomic E-state index is 12.3. The summed E-state index contributed by atoms with van der Waals surface area (Å²) >= 11 is 0. The molecule has 0 N–H and O–H groups in total. The maximum Gasteiger partial charge on any atom is 0.227 e. The van der Waals surface area contributed by atoms with Crippen LogP contribution in [0.25, 0.3) is 0 Å². The summed E-state index contributed by atoms with van der Waals surface area (Å²) in [4.78, 5) is 22.0. The molecule has 0 aromatic heterocycles. The largest absolute Gasteiger partial charge is 0.493 e. The number of nitrogens with zero attached hydrogens (tertiary/aromatic N) is 4. The van der Waals surface area contributed by atoms with Gasteiger partial charge in [0, 0.05) is 63.0 Å². The van der Waals surface area contributed by atoms with Crippen LogP contribution >= 0.6 is 0 Å². The van der Waals surface area contributed by atoms with E-state index in [0.717, 1.165) is 82.9 Å². The third-order valence-corrected chi connectivity index (χ3v) is 7.94. The van der Waals surface area contributed by atoms with E-state index in [1.807, 2.05) is 4.90 Å². The van der Waals surface area contributed by atoms with E-state index in [1.165, 1.54) is 57.4 Å². The number of hydrogen-bond donors (Lipinski definition) is 0. The second kappa shape index (κ2) is 11.8. The molecular formula is C27H42N4O3. The van der Waals surface area contributed by atoms with Crippen molar-refractivity contribution in [3.8, 4) is 5.75 Å². The zero-order valence-corrected chi connectivity index (χ0v) is 20.8. The Morgan fingerprint density at radius 1 is 0.941 bits per heavy atom. The summed E-state index contributed by atoms with van der Waals surface area (Å²) in [6.45, 7) is 12.1. The first-order valence-corrected chi connectivity index (χ1v) is 13.6. The molecule has 4 aliphatic heterocycles. The van der Waals surface area contributed by atoms with Crippen LogP contribution in [-0.4, -0.2) is 98.8 Å². The molecule has 4 fully saturated rings. The summed E-state index contributed by atoms with van der Waals surface area (Å²) in [5.41, 5.74) is 2.20. The van der Waals surface area contributed by atoms with Gasteiger partial charge in [0.25, 0.3) is 0 Å². The Morgan fingerprint density at radius 2 is 1.79 bits per heavy atom. The van der Waals surface area contributed by atoms with Gasteiger partial charge in [-0.05, 0) is 76.4 Å². The molecule has 0 bridgehead atoms. The zero-order valence-electron chi connectivity index (χ0n) is 20.8. The molecule has 1 aromatic rings. The zero-order chi connectivity index (χ0) is 23.2. The molecule has 0 saturated carbocycles. The molecule has 1 aromatic carbocycles. The highest BCUT2D eigenvalue weighted by Crippen LogP contribution is 2.29. The molecule has 4 aliphatic rings. The second-order valence-electron chi connectivity index (χ2n) is 10.4. The smallest absolute Gasteiger partial charge is 0.227 e. The SMILES string of the molecule is O=C1CCCN1c1ccc(OCCCN2CCC[C@H]2CN2CCCC2)c(CN2CCOCC2)c1. The lowest BCUT2D eigenvalue weighted by Crippen LogP contribution is -2.40. The lowest BCUT2D eigenvalue weighted by Gasteiger charge is -2.29. The molecule has 1 atom stereocenters. The molecule has 4 heterocycles. The van der Waals surface area contributed by atoms with Gasteiger partial charge in [0.2, 0.25) is 5.91 Å². The number of rotatable bonds is 10. The van der Waals surface area contributed by atoms with Crippen LogP contribution in [-0.2, 0) is 16.1 Å². The average Bonchev–Trinajstić information content (AvgIpc) is 3.62. The van der Waals surface area contributed by atoms with Crippen LogP contribution in [0.2, 0.25) is 0 Å². The van der Waals surface area contributed by atoms with Gasteiger partial charge in [0.15, 0.2) is 0 Å². The summed E-state index contributed by atoms with van der Waals surface area (Å²) < 4.78 is 11.9. The minimum atomic E-state index is 0.236. The van der Waals surface area contributed by atoms with Crippen LogP contribution in [0.4, 0.5) is 5.69 Å².